The van der Waals surface area contributed by atoms with Crippen LogP contribution in [0.2, 0.25) is 0 Å². The molecule has 0 radical (unpaired) electrons. The summed E-state index contributed by atoms with van der Waals surface area (Å²) in [5, 5.41) is 13.2. The van der Waals surface area contributed by atoms with E-state index in [1.165, 1.54) is 0 Å². The number of aromatic nitrogens is 1. The van der Waals surface area contributed by atoms with Crippen LogP contribution < -0.4 is 5.32 Å². The topological polar surface area (TPSA) is 79.3 Å². The zero-order valence-corrected chi connectivity index (χ0v) is 12.6. The number of aliphatic carboxylic acids is 1. The third-order valence-corrected chi connectivity index (χ3v) is 5.10. The predicted molar refractivity (Wildman–Crippen MR) is 77.4 cm³/mol. The monoisotopic (exact) mass is 302 g/mol. The van der Waals surface area contributed by atoms with Crippen LogP contribution in [0, 0.1) is 0 Å². The van der Waals surface area contributed by atoms with E-state index in [1.807, 2.05) is 6.92 Å². The molecule has 0 bridgehead atoms. The van der Waals surface area contributed by atoms with Gasteiger partial charge in [0.05, 0.1) is 5.69 Å². The first-order chi connectivity index (χ1) is 8.97. The maximum absolute atomic E-state index is 11.1. The second kappa shape index (κ2) is 6.00. The first-order valence-electron chi connectivity index (χ1n) is 6.26. The lowest BCUT2D eigenvalue weighted by atomic mass is 10.1. The molecule has 0 aromatic carbocycles. The fraction of sp³-hybridized carbons (Fsp3) is 0.667. The van der Waals surface area contributed by atoms with Gasteiger partial charge in [0.25, 0.3) is 0 Å². The van der Waals surface area contributed by atoms with Crippen LogP contribution in [0.5, 0.6) is 0 Å². The van der Waals surface area contributed by atoms with E-state index in [-0.39, 0.29) is 6.04 Å². The minimum absolute atomic E-state index is 0.193. The largest absolute Gasteiger partial charge is 0.481 e. The van der Waals surface area contributed by atoms with Crippen LogP contribution in [0.4, 0.5) is 5.13 Å². The molecular weight excluding hydrogens is 284 g/mol. The molecule has 1 heterocycles. The predicted octanol–water partition coefficient (Wildman–Crippen LogP) is 1.83. The maximum atomic E-state index is 11.1. The fourth-order valence-corrected chi connectivity index (χ4v) is 3.99. The van der Waals surface area contributed by atoms with Crippen LogP contribution in [0.25, 0.3) is 0 Å². The smallest absolute Gasteiger partial charge is 0.312 e. The SMILES string of the molecule is CC(CCS(C)=O)Nc1nc2c(s1)CCC2C(=O)O. The molecular formula is C12H18N2O3S2. The van der Waals surface area contributed by atoms with Gasteiger partial charge in [0.1, 0.15) is 5.92 Å². The van der Waals surface area contributed by atoms with Gasteiger partial charge in [-0.3, -0.25) is 9.00 Å². The maximum Gasteiger partial charge on any atom is 0.312 e. The van der Waals surface area contributed by atoms with Gasteiger partial charge in [0, 0.05) is 33.7 Å². The third-order valence-electron chi connectivity index (χ3n) is 3.22. The standard InChI is InChI=1S/C12H18N2O3S2/c1-7(5-6-19(2)17)13-12-14-10-8(11(15)16)3-4-9(10)18-12/h7-8H,3-6H2,1-2H3,(H,13,14)(H,15,16). The van der Waals surface area contributed by atoms with Crippen LogP contribution in [0.1, 0.15) is 36.3 Å². The number of fused-ring (bicyclic) bond motifs is 1. The van der Waals surface area contributed by atoms with Crippen molar-refractivity contribution >= 4 is 33.2 Å². The van der Waals surface area contributed by atoms with Gasteiger partial charge < -0.3 is 10.4 Å². The number of hydrogen-bond donors (Lipinski definition) is 2. The Bertz CT molecular complexity index is 501. The highest BCUT2D eigenvalue weighted by atomic mass is 32.2. The zero-order chi connectivity index (χ0) is 14.0. The molecule has 2 rings (SSSR count). The fourth-order valence-electron chi connectivity index (χ4n) is 2.15. The van der Waals surface area contributed by atoms with Crippen LogP contribution in [-0.2, 0) is 22.0 Å². The lowest BCUT2D eigenvalue weighted by molar-refractivity contribution is -0.138. The molecule has 0 aliphatic heterocycles. The van der Waals surface area contributed by atoms with E-state index >= 15 is 0 Å². The van der Waals surface area contributed by atoms with Gasteiger partial charge in [-0.05, 0) is 26.2 Å². The molecule has 3 atom stereocenters. The summed E-state index contributed by atoms with van der Waals surface area (Å²) in [5.41, 5.74) is 0.728. The average molecular weight is 302 g/mol. The highest BCUT2D eigenvalue weighted by Gasteiger charge is 2.32. The van der Waals surface area contributed by atoms with Crippen LogP contribution >= 0.6 is 11.3 Å². The molecule has 1 aromatic heterocycles. The summed E-state index contributed by atoms with van der Waals surface area (Å²) in [4.78, 5) is 16.6. The van der Waals surface area contributed by atoms with E-state index in [0.717, 1.165) is 28.5 Å². The van der Waals surface area contributed by atoms with E-state index in [2.05, 4.69) is 10.3 Å². The molecule has 106 valence electrons. The highest BCUT2D eigenvalue weighted by Crippen LogP contribution is 2.38. The lowest BCUT2D eigenvalue weighted by Crippen LogP contribution is -2.18. The van der Waals surface area contributed by atoms with Crippen molar-refractivity contribution in [2.75, 3.05) is 17.3 Å². The molecule has 1 aliphatic carbocycles. The number of hydrogen-bond acceptors (Lipinski definition) is 5. The Kier molecular flexibility index (Phi) is 4.57. The Morgan fingerprint density at radius 1 is 1.68 bits per heavy atom. The molecule has 2 N–H and O–H groups in total. The first-order valence-corrected chi connectivity index (χ1v) is 8.80. The minimum atomic E-state index is -0.787. The van der Waals surface area contributed by atoms with Crippen LogP contribution in [-0.4, -0.2) is 38.3 Å². The number of carboxylic acids is 1. The summed E-state index contributed by atoms with van der Waals surface area (Å²) in [6.07, 6.45) is 3.98. The number of nitrogens with zero attached hydrogens (tertiary/aromatic N) is 1. The van der Waals surface area contributed by atoms with Crippen LogP contribution in [0.3, 0.4) is 0 Å². The van der Waals surface area contributed by atoms with E-state index in [1.54, 1.807) is 17.6 Å². The summed E-state index contributed by atoms with van der Waals surface area (Å²) < 4.78 is 11.0. The highest BCUT2D eigenvalue weighted by molar-refractivity contribution is 7.84. The Morgan fingerprint density at radius 2 is 2.42 bits per heavy atom. The number of aryl methyl sites for hydroxylation is 1. The molecule has 0 saturated carbocycles. The zero-order valence-electron chi connectivity index (χ0n) is 11.0. The number of carboxylic acid groups (broad SMARTS) is 1. The summed E-state index contributed by atoms with van der Waals surface area (Å²) in [6.45, 7) is 2.02. The molecule has 0 spiro atoms. The molecule has 1 aliphatic rings. The second-order valence-electron chi connectivity index (χ2n) is 4.87. The third kappa shape index (κ3) is 3.54. The van der Waals surface area contributed by atoms with Crippen molar-refractivity contribution in [3.63, 3.8) is 0 Å². The van der Waals surface area contributed by atoms with Crippen molar-refractivity contribution in [3.05, 3.63) is 10.6 Å². The summed E-state index contributed by atoms with van der Waals surface area (Å²) in [7, 11) is -0.780. The Balaban J connectivity index is 1.98. The Morgan fingerprint density at radius 3 is 3.05 bits per heavy atom. The van der Waals surface area contributed by atoms with E-state index in [4.69, 9.17) is 5.11 Å². The molecule has 0 amide bonds. The normalized spacial score (nSPS) is 20.8. The number of rotatable bonds is 6. The lowest BCUT2D eigenvalue weighted by Gasteiger charge is -2.11. The quantitative estimate of drug-likeness (QED) is 0.838. The molecule has 0 saturated heterocycles. The first kappa shape index (κ1) is 14.5. The molecule has 5 nitrogen and oxygen atoms in total. The average Bonchev–Trinajstić information content (AvgIpc) is 2.85. The van der Waals surface area contributed by atoms with Crippen molar-refractivity contribution in [2.24, 2.45) is 0 Å². The van der Waals surface area contributed by atoms with Gasteiger partial charge in [0.2, 0.25) is 0 Å². The molecule has 7 heteroatoms. The molecule has 3 unspecified atom stereocenters. The molecule has 1 aromatic rings. The summed E-state index contributed by atoms with van der Waals surface area (Å²) in [6, 6.07) is 0.193. The summed E-state index contributed by atoms with van der Waals surface area (Å²) in [5.74, 6) is -0.568. The van der Waals surface area contributed by atoms with Crippen molar-refractivity contribution in [3.8, 4) is 0 Å². The van der Waals surface area contributed by atoms with Crippen LogP contribution in [0.15, 0.2) is 0 Å². The van der Waals surface area contributed by atoms with Gasteiger partial charge in [-0.15, -0.1) is 11.3 Å². The van der Waals surface area contributed by atoms with Crippen molar-refractivity contribution in [1.29, 1.82) is 0 Å². The summed E-state index contributed by atoms with van der Waals surface area (Å²) >= 11 is 1.54. The number of anilines is 1. The Labute approximate surface area is 118 Å². The number of thiazole rings is 1. The van der Waals surface area contributed by atoms with Crippen molar-refractivity contribution in [1.82, 2.24) is 4.98 Å². The van der Waals surface area contributed by atoms with E-state index in [0.29, 0.717) is 12.2 Å². The molecule has 19 heavy (non-hydrogen) atoms. The van der Waals surface area contributed by atoms with Crippen molar-refractivity contribution < 1.29 is 14.1 Å². The van der Waals surface area contributed by atoms with Gasteiger partial charge in [-0.25, -0.2) is 4.98 Å². The second-order valence-corrected chi connectivity index (χ2v) is 7.51. The van der Waals surface area contributed by atoms with Gasteiger partial charge in [-0.2, -0.15) is 0 Å². The number of carbonyl (C=O) groups is 1. The van der Waals surface area contributed by atoms with Gasteiger partial charge in [-0.1, -0.05) is 0 Å². The van der Waals surface area contributed by atoms with E-state index < -0.39 is 22.7 Å². The minimum Gasteiger partial charge on any atom is -0.481 e. The van der Waals surface area contributed by atoms with Crippen molar-refractivity contribution in [2.45, 2.75) is 38.1 Å². The molecule has 0 fully saturated rings. The van der Waals surface area contributed by atoms with Gasteiger partial charge >= 0.3 is 5.97 Å². The number of nitrogens with one attached hydrogen (secondary N) is 1. The Hall–Kier alpha value is -0.950. The van der Waals surface area contributed by atoms with E-state index in [9.17, 15) is 9.00 Å². The van der Waals surface area contributed by atoms with Gasteiger partial charge in [0.15, 0.2) is 5.13 Å².